The first-order valence-electron chi connectivity index (χ1n) is 10.4. The molecule has 4 aromatic rings. The first-order chi connectivity index (χ1) is 16.9. The van der Waals surface area contributed by atoms with Gasteiger partial charge in [0.1, 0.15) is 0 Å². The molecule has 184 valence electrons. The van der Waals surface area contributed by atoms with E-state index in [1.54, 1.807) is 0 Å². The summed E-state index contributed by atoms with van der Waals surface area (Å²) < 4.78 is 5.37. The summed E-state index contributed by atoms with van der Waals surface area (Å²) in [5.74, 6) is -5.45. The summed E-state index contributed by atoms with van der Waals surface area (Å²) >= 11 is 0. The number of phenols is 6. The summed E-state index contributed by atoms with van der Waals surface area (Å²) in [7, 11) is 0. The molecule has 10 heteroatoms. The van der Waals surface area contributed by atoms with E-state index in [0.717, 1.165) is 19.1 Å². The van der Waals surface area contributed by atoms with Crippen LogP contribution in [0, 0.1) is 0 Å². The molecule has 0 spiro atoms. The molecule has 0 aliphatic rings. The van der Waals surface area contributed by atoms with E-state index in [0.29, 0.717) is 16.5 Å². The highest BCUT2D eigenvalue weighted by atomic mass is 16.6. The molecule has 10 nitrogen and oxygen atoms in total. The average Bonchev–Trinajstić information content (AvgIpc) is 2.82. The number of carboxylic acid groups (broad SMARTS) is 1. The molecule has 0 aliphatic carbocycles. The van der Waals surface area contributed by atoms with Crippen LogP contribution in [0.4, 0.5) is 0 Å². The second-order valence-corrected chi connectivity index (χ2v) is 8.22. The van der Waals surface area contributed by atoms with Crippen molar-refractivity contribution in [1.29, 1.82) is 0 Å². The van der Waals surface area contributed by atoms with Crippen molar-refractivity contribution in [3.63, 3.8) is 0 Å². The molecular weight excluding hydrogens is 472 g/mol. The van der Waals surface area contributed by atoms with Gasteiger partial charge in [0.25, 0.3) is 0 Å². The summed E-state index contributed by atoms with van der Waals surface area (Å²) in [6, 6.07) is 12.2. The summed E-state index contributed by atoms with van der Waals surface area (Å²) in [4.78, 5) is 25.3. The van der Waals surface area contributed by atoms with E-state index in [9.17, 15) is 45.3 Å². The van der Waals surface area contributed by atoms with Crippen molar-refractivity contribution >= 4 is 22.7 Å². The minimum atomic E-state index is -2.26. The number of aliphatic carboxylic acids is 1. The number of carboxylic acids is 1. The van der Waals surface area contributed by atoms with E-state index in [2.05, 4.69) is 0 Å². The third-order valence-corrected chi connectivity index (χ3v) is 5.80. The van der Waals surface area contributed by atoms with Gasteiger partial charge in [-0.25, -0.2) is 9.59 Å². The predicted octanol–water partition coefficient (Wildman–Crippen LogP) is 3.90. The van der Waals surface area contributed by atoms with Crippen LogP contribution in [0.2, 0.25) is 0 Å². The van der Waals surface area contributed by atoms with E-state index in [1.165, 1.54) is 48.5 Å². The van der Waals surface area contributed by atoms with E-state index >= 15 is 0 Å². The quantitative estimate of drug-likeness (QED) is 0.159. The van der Waals surface area contributed by atoms with Gasteiger partial charge in [0.15, 0.2) is 34.5 Å². The van der Waals surface area contributed by atoms with Gasteiger partial charge in [-0.3, -0.25) is 0 Å². The number of fused-ring (bicyclic) bond motifs is 1. The first-order valence-corrected chi connectivity index (χ1v) is 10.4. The molecule has 1 atom stereocenters. The maximum absolute atomic E-state index is 13.2. The molecule has 0 amide bonds. The number of rotatable bonds is 5. The molecule has 0 saturated carbocycles. The van der Waals surface area contributed by atoms with Crippen LogP contribution < -0.4 is 0 Å². The number of phenolic OH excluding ortho intramolecular Hbond substituents is 6. The Kier molecular flexibility index (Phi) is 5.73. The van der Waals surface area contributed by atoms with Crippen molar-refractivity contribution < 1.29 is 50.1 Å². The molecule has 0 fully saturated rings. The molecule has 7 N–H and O–H groups in total. The van der Waals surface area contributed by atoms with Crippen LogP contribution in [0.15, 0.2) is 60.7 Å². The molecule has 36 heavy (non-hydrogen) atoms. The number of ether oxygens (including phenoxy) is 1. The first kappa shape index (κ1) is 24.0. The van der Waals surface area contributed by atoms with Gasteiger partial charge in [-0.05, 0) is 77.4 Å². The van der Waals surface area contributed by atoms with Crippen molar-refractivity contribution in [1.82, 2.24) is 0 Å². The Morgan fingerprint density at radius 1 is 0.694 bits per heavy atom. The smallest absolute Gasteiger partial charge is 0.352 e. The largest absolute Gasteiger partial charge is 0.504 e. The maximum atomic E-state index is 13.2. The van der Waals surface area contributed by atoms with Crippen LogP contribution in [0.3, 0.4) is 0 Å². The minimum Gasteiger partial charge on any atom is -0.504 e. The SMILES string of the molecule is C[C@](OC(=O)c1cc(-c2ccc(O)c(O)c2)c2cc(O)c(O)cc2c1)(C(=O)O)c1ccc(O)c(O)c1. The van der Waals surface area contributed by atoms with E-state index in [1.807, 2.05) is 0 Å². The minimum absolute atomic E-state index is 0.120. The lowest BCUT2D eigenvalue weighted by atomic mass is 9.93. The monoisotopic (exact) mass is 492 g/mol. The number of hydrogen-bond donors (Lipinski definition) is 7. The third-order valence-electron chi connectivity index (χ3n) is 5.80. The Hall–Kier alpha value is -5.12. The number of carbonyl (C=O) groups is 2. The second-order valence-electron chi connectivity index (χ2n) is 8.22. The van der Waals surface area contributed by atoms with Crippen molar-refractivity contribution in [2.75, 3.05) is 0 Å². The third kappa shape index (κ3) is 4.11. The Labute approximate surface area is 203 Å². The number of hydrogen-bond acceptors (Lipinski definition) is 9. The Morgan fingerprint density at radius 3 is 1.89 bits per heavy atom. The molecule has 0 aromatic heterocycles. The van der Waals surface area contributed by atoms with Crippen molar-refractivity contribution in [2.45, 2.75) is 12.5 Å². The molecule has 0 heterocycles. The van der Waals surface area contributed by atoms with Gasteiger partial charge in [-0.1, -0.05) is 12.1 Å². The van der Waals surface area contributed by atoms with Gasteiger partial charge < -0.3 is 40.5 Å². The fraction of sp³-hybridized carbons (Fsp3) is 0.0769. The molecule has 0 aliphatic heterocycles. The van der Waals surface area contributed by atoms with Crippen LogP contribution >= 0.6 is 0 Å². The lowest BCUT2D eigenvalue weighted by molar-refractivity contribution is -0.158. The highest BCUT2D eigenvalue weighted by Crippen LogP contribution is 2.40. The van der Waals surface area contributed by atoms with Crippen molar-refractivity contribution in [3.05, 3.63) is 71.8 Å². The summed E-state index contributed by atoms with van der Waals surface area (Å²) in [6.45, 7) is 1.10. The molecule has 0 saturated heterocycles. The second kappa shape index (κ2) is 8.58. The summed E-state index contributed by atoms with van der Waals surface area (Å²) in [6.07, 6.45) is 0. The standard InChI is InChI=1S/C26H20O10/c1-26(25(34)35,15-3-5-19(28)22(31)10-15)36-24(33)14-6-13-9-21(30)23(32)11-17(13)16(7-14)12-2-4-18(27)20(29)8-12/h2-11,27-32H,1H3,(H,34,35)/t26-/m1/s1. The van der Waals surface area contributed by atoms with Crippen LogP contribution in [-0.2, 0) is 15.1 Å². The van der Waals surface area contributed by atoms with Gasteiger partial charge in [-0.15, -0.1) is 0 Å². The van der Waals surface area contributed by atoms with E-state index in [4.69, 9.17) is 4.74 Å². The van der Waals surface area contributed by atoms with Gasteiger partial charge in [0.05, 0.1) is 5.56 Å². The van der Waals surface area contributed by atoms with Crippen molar-refractivity contribution in [3.8, 4) is 45.6 Å². The maximum Gasteiger partial charge on any atom is 0.352 e. The van der Waals surface area contributed by atoms with Crippen LogP contribution in [-0.4, -0.2) is 47.7 Å². The van der Waals surface area contributed by atoms with Crippen molar-refractivity contribution in [2.24, 2.45) is 0 Å². The van der Waals surface area contributed by atoms with Crippen LogP contribution in [0.5, 0.6) is 34.5 Å². The Balaban J connectivity index is 1.86. The number of aromatic hydroxyl groups is 6. The van der Waals surface area contributed by atoms with Gasteiger partial charge >= 0.3 is 11.9 Å². The highest BCUT2D eigenvalue weighted by molar-refractivity contribution is 6.05. The average molecular weight is 492 g/mol. The fourth-order valence-corrected chi connectivity index (χ4v) is 3.73. The van der Waals surface area contributed by atoms with Crippen LogP contribution in [0.25, 0.3) is 21.9 Å². The van der Waals surface area contributed by atoms with Gasteiger partial charge in [0, 0.05) is 5.56 Å². The zero-order chi connectivity index (χ0) is 26.4. The van der Waals surface area contributed by atoms with E-state index < -0.39 is 46.3 Å². The molecule has 0 radical (unpaired) electrons. The van der Waals surface area contributed by atoms with Crippen LogP contribution in [0.1, 0.15) is 22.8 Å². The molecule has 4 rings (SSSR count). The van der Waals surface area contributed by atoms with E-state index in [-0.39, 0.29) is 22.3 Å². The number of esters is 1. The molecule has 4 aromatic carbocycles. The summed E-state index contributed by atoms with van der Waals surface area (Å²) in [5.41, 5.74) is -1.88. The van der Waals surface area contributed by atoms with Gasteiger partial charge in [-0.2, -0.15) is 0 Å². The predicted molar refractivity (Wildman–Crippen MR) is 126 cm³/mol. The Morgan fingerprint density at radius 2 is 1.28 bits per heavy atom. The number of carbonyl (C=O) groups excluding carboxylic acids is 1. The molecular formula is C26H20O10. The lowest BCUT2D eigenvalue weighted by Crippen LogP contribution is -2.37. The van der Waals surface area contributed by atoms with Gasteiger partial charge in [0.2, 0.25) is 5.60 Å². The lowest BCUT2D eigenvalue weighted by Gasteiger charge is -2.26. The zero-order valence-corrected chi connectivity index (χ0v) is 18.6. The zero-order valence-electron chi connectivity index (χ0n) is 18.6. The summed E-state index contributed by atoms with van der Waals surface area (Å²) in [5, 5.41) is 69.5. The number of benzene rings is 4. The Bertz CT molecular complexity index is 1540. The highest BCUT2D eigenvalue weighted by Gasteiger charge is 2.40. The fourth-order valence-electron chi connectivity index (χ4n) is 3.73. The topological polar surface area (TPSA) is 185 Å². The molecule has 0 bridgehead atoms. The molecule has 0 unspecified atom stereocenters. The normalized spacial score (nSPS) is 12.7.